The smallest absolute Gasteiger partial charge is 0.118 e. The topological polar surface area (TPSA) is 46.2 Å². The Balaban J connectivity index is 1.42. The van der Waals surface area contributed by atoms with Crippen molar-refractivity contribution in [2.75, 3.05) is 41.7 Å². The first-order valence-electron chi connectivity index (χ1n) is 13.7. The molecule has 4 aromatic carbocycles. The molecule has 0 aliphatic carbocycles. The van der Waals surface area contributed by atoms with E-state index in [2.05, 4.69) is 60.7 Å². The number of ether oxygens (including phenoxy) is 5. The summed E-state index contributed by atoms with van der Waals surface area (Å²) in [7, 11) is 6.72. The minimum Gasteiger partial charge on any atom is -0.497 e. The average molecular weight is 551 g/mol. The first-order valence-corrected chi connectivity index (χ1v) is 13.7. The predicted octanol–water partition coefficient (Wildman–Crippen LogP) is 8.08. The van der Waals surface area contributed by atoms with Crippen LogP contribution in [0.2, 0.25) is 0 Å². The van der Waals surface area contributed by atoms with Crippen LogP contribution in [-0.2, 0) is 4.74 Å². The van der Waals surface area contributed by atoms with Gasteiger partial charge in [0.25, 0.3) is 0 Å². The van der Waals surface area contributed by atoms with Crippen LogP contribution >= 0.6 is 0 Å². The second kappa shape index (κ2) is 15.3. The maximum Gasteiger partial charge on any atom is 0.118 e. The molecule has 5 nitrogen and oxygen atoms in total. The Hall–Kier alpha value is -4.48. The van der Waals surface area contributed by atoms with Crippen LogP contribution in [-0.4, -0.2) is 41.7 Å². The van der Waals surface area contributed by atoms with E-state index in [4.69, 9.17) is 23.7 Å². The Morgan fingerprint density at radius 3 is 0.878 bits per heavy atom. The van der Waals surface area contributed by atoms with Crippen LogP contribution in [0.3, 0.4) is 0 Å². The lowest BCUT2D eigenvalue weighted by atomic mass is 9.96. The maximum atomic E-state index is 6.05. The molecule has 0 unspecified atom stereocenters. The molecule has 0 radical (unpaired) electrons. The van der Waals surface area contributed by atoms with E-state index in [1.54, 1.807) is 28.4 Å². The number of benzene rings is 4. The van der Waals surface area contributed by atoms with E-state index >= 15 is 0 Å². The quantitative estimate of drug-likeness (QED) is 0.149. The van der Waals surface area contributed by atoms with Crippen LogP contribution in [0.25, 0.3) is 11.1 Å². The van der Waals surface area contributed by atoms with Crippen LogP contribution in [0.1, 0.15) is 35.1 Å². The molecule has 0 atom stereocenters. The first-order chi connectivity index (χ1) is 20.1. The highest BCUT2D eigenvalue weighted by molar-refractivity contribution is 5.81. The van der Waals surface area contributed by atoms with Crippen LogP contribution in [0.4, 0.5) is 0 Å². The second-order valence-electron chi connectivity index (χ2n) is 9.34. The molecule has 5 heteroatoms. The Labute approximate surface area is 243 Å². The summed E-state index contributed by atoms with van der Waals surface area (Å²) in [6.07, 6.45) is 6.06. The van der Waals surface area contributed by atoms with Gasteiger partial charge in [-0.3, -0.25) is 0 Å². The molecule has 41 heavy (non-hydrogen) atoms. The summed E-state index contributed by atoms with van der Waals surface area (Å²) in [6, 6.07) is 32.5. The highest BCUT2D eigenvalue weighted by atomic mass is 16.5. The summed E-state index contributed by atoms with van der Waals surface area (Å²) in [5.41, 5.74) is 6.82. The van der Waals surface area contributed by atoms with Crippen molar-refractivity contribution in [2.24, 2.45) is 0 Å². The van der Waals surface area contributed by atoms with Gasteiger partial charge in [0.15, 0.2) is 0 Å². The van der Waals surface area contributed by atoms with Crippen molar-refractivity contribution in [3.63, 3.8) is 0 Å². The lowest BCUT2D eigenvalue weighted by Gasteiger charge is -2.12. The summed E-state index contributed by atoms with van der Waals surface area (Å²) >= 11 is 0. The molecule has 0 N–H and O–H groups in total. The zero-order chi connectivity index (χ0) is 28.9. The first kappa shape index (κ1) is 29.5. The van der Waals surface area contributed by atoms with Gasteiger partial charge >= 0.3 is 0 Å². The van der Waals surface area contributed by atoms with Crippen molar-refractivity contribution in [1.29, 1.82) is 0 Å². The van der Waals surface area contributed by atoms with Gasteiger partial charge < -0.3 is 23.7 Å². The van der Waals surface area contributed by atoms with Gasteiger partial charge in [-0.2, -0.15) is 0 Å². The van der Waals surface area contributed by atoms with Crippen molar-refractivity contribution in [1.82, 2.24) is 0 Å². The van der Waals surface area contributed by atoms with E-state index in [-0.39, 0.29) is 0 Å². The number of hydrogen-bond donors (Lipinski definition) is 0. The van der Waals surface area contributed by atoms with Crippen LogP contribution < -0.4 is 18.9 Å². The van der Waals surface area contributed by atoms with Gasteiger partial charge in [-0.1, -0.05) is 60.7 Å². The molecule has 0 saturated heterocycles. The SMILES string of the molecule is COc1ccc(C(=CCCOCCC=C(c2ccc(OC)cc2)c2ccc(OC)cc2)c2ccc(OC)cc2)cc1. The molecule has 212 valence electrons. The van der Waals surface area contributed by atoms with Crippen LogP contribution in [0, 0.1) is 0 Å². The predicted molar refractivity (Wildman–Crippen MR) is 166 cm³/mol. The lowest BCUT2D eigenvalue weighted by Crippen LogP contribution is -1.97. The fourth-order valence-corrected chi connectivity index (χ4v) is 4.56. The van der Waals surface area contributed by atoms with E-state index in [1.165, 1.54) is 0 Å². The molecule has 0 amide bonds. The molecule has 0 fully saturated rings. The summed E-state index contributed by atoms with van der Waals surface area (Å²) in [5.74, 6) is 3.34. The van der Waals surface area contributed by atoms with E-state index in [9.17, 15) is 0 Å². The van der Waals surface area contributed by atoms with Gasteiger partial charge in [0, 0.05) is 0 Å². The molecule has 4 aromatic rings. The lowest BCUT2D eigenvalue weighted by molar-refractivity contribution is 0.143. The third kappa shape index (κ3) is 8.26. The standard InChI is InChI=1S/C36H38O5/c1-37-31-17-9-27(10-18-31)35(28-11-19-32(38-2)20-12-28)7-5-25-41-26-6-8-36(29-13-21-33(39-3)22-14-29)30-15-23-34(40-4)24-16-30/h7-24H,5-6,25-26H2,1-4H3. The Morgan fingerprint density at radius 1 is 0.415 bits per heavy atom. The molecule has 4 rings (SSSR count). The van der Waals surface area contributed by atoms with Gasteiger partial charge in [0.1, 0.15) is 23.0 Å². The molecule has 0 aromatic heterocycles. The fraction of sp³-hybridized carbons (Fsp3) is 0.222. The largest absolute Gasteiger partial charge is 0.497 e. The third-order valence-corrected chi connectivity index (χ3v) is 6.83. The molecule has 0 spiro atoms. The van der Waals surface area contributed by atoms with E-state index in [1.807, 2.05) is 48.5 Å². The van der Waals surface area contributed by atoms with Crippen LogP contribution in [0.5, 0.6) is 23.0 Å². The maximum absolute atomic E-state index is 6.05. The van der Waals surface area contributed by atoms with E-state index in [0.29, 0.717) is 13.2 Å². The molecule has 0 aliphatic heterocycles. The highest BCUT2D eigenvalue weighted by Gasteiger charge is 2.08. The summed E-state index contributed by atoms with van der Waals surface area (Å²) in [5, 5.41) is 0. The Morgan fingerprint density at radius 2 is 0.659 bits per heavy atom. The minimum atomic E-state index is 0.629. The molecule has 0 aliphatic rings. The van der Waals surface area contributed by atoms with Gasteiger partial charge in [-0.15, -0.1) is 0 Å². The van der Waals surface area contributed by atoms with Crippen molar-refractivity contribution >= 4 is 11.1 Å². The van der Waals surface area contributed by atoms with Crippen molar-refractivity contribution in [3.05, 3.63) is 131 Å². The Bertz CT molecular complexity index is 1190. The van der Waals surface area contributed by atoms with Crippen molar-refractivity contribution in [3.8, 4) is 23.0 Å². The third-order valence-electron chi connectivity index (χ3n) is 6.83. The molecular formula is C36H38O5. The van der Waals surface area contributed by atoms with Gasteiger partial charge in [0.05, 0.1) is 41.7 Å². The van der Waals surface area contributed by atoms with Crippen molar-refractivity contribution < 1.29 is 23.7 Å². The molecule has 0 saturated carbocycles. The van der Waals surface area contributed by atoms with E-state index in [0.717, 1.165) is 69.2 Å². The fourth-order valence-electron chi connectivity index (χ4n) is 4.56. The number of methoxy groups -OCH3 is 4. The Kier molecular flexibility index (Phi) is 11.0. The molecule has 0 bridgehead atoms. The highest BCUT2D eigenvalue weighted by Crippen LogP contribution is 2.29. The summed E-state index contributed by atoms with van der Waals surface area (Å²) in [4.78, 5) is 0. The monoisotopic (exact) mass is 550 g/mol. The molecular weight excluding hydrogens is 512 g/mol. The number of hydrogen-bond acceptors (Lipinski definition) is 5. The number of rotatable bonds is 14. The van der Waals surface area contributed by atoms with Gasteiger partial charge in [0.2, 0.25) is 0 Å². The zero-order valence-corrected chi connectivity index (χ0v) is 24.3. The van der Waals surface area contributed by atoms with Crippen molar-refractivity contribution in [2.45, 2.75) is 12.8 Å². The second-order valence-corrected chi connectivity index (χ2v) is 9.34. The minimum absolute atomic E-state index is 0.629. The van der Waals surface area contributed by atoms with Gasteiger partial charge in [-0.05, 0) is 94.8 Å². The molecule has 0 heterocycles. The summed E-state index contributed by atoms with van der Waals surface area (Å²) in [6.45, 7) is 1.26. The zero-order valence-electron chi connectivity index (χ0n) is 24.3. The summed E-state index contributed by atoms with van der Waals surface area (Å²) < 4.78 is 27.4. The van der Waals surface area contributed by atoms with Crippen LogP contribution in [0.15, 0.2) is 109 Å². The normalized spacial score (nSPS) is 10.4. The van der Waals surface area contributed by atoms with E-state index < -0.39 is 0 Å². The van der Waals surface area contributed by atoms with Gasteiger partial charge in [-0.25, -0.2) is 0 Å². The average Bonchev–Trinajstić information content (AvgIpc) is 3.04.